The summed E-state index contributed by atoms with van der Waals surface area (Å²) in [5.74, 6) is 0.157. The van der Waals surface area contributed by atoms with E-state index in [4.69, 9.17) is 11.6 Å². The van der Waals surface area contributed by atoms with Crippen molar-refractivity contribution in [2.75, 3.05) is 0 Å². The van der Waals surface area contributed by atoms with Crippen LogP contribution in [-0.2, 0) is 0 Å². The Morgan fingerprint density at radius 1 is 1.43 bits per heavy atom. The maximum absolute atomic E-state index is 12.2. The molecule has 5 heteroatoms. The van der Waals surface area contributed by atoms with Crippen molar-refractivity contribution in [2.45, 2.75) is 26.1 Å². The number of alkyl halides is 3. The van der Waals surface area contributed by atoms with Crippen LogP contribution in [0.2, 0.25) is 0 Å². The lowest BCUT2D eigenvalue weighted by atomic mass is 10.0. The molecule has 1 N–H and O–H groups in total. The highest BCUT2D eigenvalue weighted by Gasteiger charge is 2.35. The van der Waals surface area contributed by atoms with E-state index in [0.29, 0.717) is 0 Å². The Labute approximate surface area is 85.6 Å². The third-order valence-electron chi connectivity index (χ3n) is 2.00. The van der Waals surface area contributed by atoms with Gasteiger partial charge in [-0.25, -0.2) is 0 Å². The lowest BCUT2D eigenvalue weighted by Gasteiger charge is -2.25. The molecule has 80 valence electrons. The summed E-state index contributed by atoms with van der Waals surface area (Å²) in [5.41, 5.74) is -0.737. The lowest BCUT2D eigenvalue weighted by molar-refractivity contribution is -0.0889. The van der Waals surface area contributed by atoms with Crippen molar-refractivity contribution in [3.8, 4) is 0 Å². The van der Waals surface area contributed by atoms with Gasteiger partial charge in [-0.2, -0.15) is 13.2 Å². The van der Waals surface area contributed by atoms with Crippen LogP contribution < -0.4 is 5.32 Å². The van der Waals surface area contributed by atoms with Crippen LogP contribution in [0.15, 0.2) is 22.9 Å². The first-order valence-electron chi connectivity index (χ1n) is 4.23. The molecule has 1 unspecified atom stereocenters. The van der Waals surface area contributed by atoms with Crippen LogP contribution in [0, 0.1) is 5.92 Å². The summed E-state index contributed by atoms with van der Waals surface area (Å²) >= 11 is 5.74. The maximum Gasteiger partial charge on any atom is 0.417 e. The van der Waals surface area contributed by atoms with Gasteiger partial charge in [0.1, 0.15) is 0 Å². The van der Waals surface area contributed by atoms with Gasteiger partial charge < -0.3 is 5.32 Å². The topological polar surface area (TPSA) is 12.0 Å². The SMILES string of the molecule is CC(C)C1NC=C(C(F)(F)F)C=C1Cl. The Morgan fingerprint density at radius 2 is 2.00 bits per heavy atom. The molecule has 1 heterocycles. The Bertz CT molecular complexity index is 278. The van der Waals surface area contributed by atoms with Crippen LogP contribution >= 0.6 is 11.6 Å². The van der Waals surface area contributed by atoms with E-state index in [0.717, 1.165) is 12.3 Å². The summed E-state index contributed by atoms with van der Waals surface area (Å²) in [6, 6.07) is -0.220. The molecule has 1 nitrogen and oxygen atoms in total. The Kier molecular flexibility index (Phi) is 3.14. The second-order valence-corrected chi connectivity index (χ2v) is 3.95. The summed E-state index contributed by atoms with van der Waals surface area (Å²) < 4.78 is 36.7. The van der Waals surface area contributed by atoms with E-state index in [1.165, 1.54) is 0 Å². The second-order valence-electron chi connectivity index (χ2n) is 3.52. The van der Waals surface area contributed by atoms with Crippen LogP contribution in [0.1, 0.15) is 13.8 Å². The molecule has 0 amide bonds. The highest BCUT2D eigenvalue weighted by atomic mass is 35.5. The average molecular weight is 226 g/mol. The Morgan fingerprint density at radius 3 is 2.36 bits per heavy atom. The fraction of sp³-hybridized carbons (Fsp3) is 0.556. The van der Waals surface area contributed by atoms with E-state index in [1.54, 1.807) is 0 Å². The van der Waals surface area contributed by atoms with E-state index in [2.05, 4.69) is 5.32 Å². The molecule has 0 aliphatic carbocycles. The van der Waals surface area contributed by atoms with Gasteiger partial charge in [-0.1, -0.05) is 25.4 Å². The van der Waals surface area contributed by atoms with Gasteiger partial charge in [0.05, 0.1) is 11.6 Å². The van der Waals surface area contributed by atoms with Crippen LogP contribution in [0.4, 0.5) is 13.2 Å². The minimum atomic E-state index is -4.34. The number of hydrogen-bond acceptors (Lipinski definition) is 1. The zero-order valence-corrected chi connectivity index (χ0v) is 8.58. The van der Waals surface area contributed by atoms with Crippen LogP contribution in [-0.4, -0.2) is 12.2 Å². The monoisotopic (exact) mass is 225 g/mol. The summed E-state index contributed by atoms with van der Waals surface area (Å²) in [6.45, 7) is 3.78. The summed E-state index contributed by atoms with van der Waals surface area (Å²) in [4.78, 5) is 0. The van der Waals surface area contributed by atoms with Crippen molar-refractivity contribution in [3.63, 3.8) is 0 Å². The molecule has 0 aromatic carbocycles. The summed E-state index contributed by atoms with van der Waals surface area (Å²) in [5, 5.41) is 2.85. The van der Waals surface area contributed by atoms with Gasteiger partial charge in [-0.3, -0.25) is 0 Å². The lowest BCUT2D eigenvalue weighted by Crippen LogP contribution is -2.34. The van der Waals surface area contributed by atoms with Gasteiger partial charge in [-0.05, 0) is 12.0 Å². The minimum Gasteiger partial charge on any atom is -0.382 e. The van der Waals surface area contributed by atoms with E-state index in [1.807, 2.05) is 13.8 Å². The zero-order valence-electron chi connectivity index (χ0n) is 7.82. The van der Waals surface area contributed by atoms with Gasteiger partial charge in [0.25, 0.3) is 0 Å². The van der Waals surface area contributed by atoms with E-state index in [9.17, 15) is 13.2 Å². The van der Waals surface area contributed by atoms with Gasteiger partial charge in [-0.15, -0.1) is 0 Å². The molecule has 1 rings (SSSR count). The number of nitrogens with one attached hydrogen (secondary N) is 1. The zero-order chi connectivity index (χ0) is 10.9. The van der Waals surface area contributed by atoms with Crippen molar-refractivity contribution >= 4 is 11.6 Å². The summed E-state index contributed by atoms with van der Waals surface area (Å²) in [6.07, 6.45) is -2.39. The first-order valence-corrected chi connectivity index (χ1v) is 4.60. The first-order chi connectivity index (χ1) is 6.32. The fourth-order valence-electron chi connectivity index (χ4n) is 1.21. The first kappa shape index (κ1) is 11.4. The molecule has 0 radical (unpaired) electrons. The van der Waals surface area contributed by atoms with Gasteiger partial charge >= 0.3 is 6.18 Å². The van der Waals surface area contributed by atoms with E-state index < -0.39 is 11.7 Å². The van der Waals surface area contributed by atoms with Crippen molar-refractivity contribution in [2.24, 2.45) is 5.92 Å². The van der Waals surface area contributed by atoms with Gasteiger partial charge in [0.15, 0.2) is 0 Å². The van der Waals surface area contributed by atoms with Crippen molar-refractivity contribution < 1.29 is 13.2 Å². The third-order valence-corrected chi connectivity index (χ3v) is 2.35. The molecule has 1 atom stereocenters. The number of allylic oxidation sites excluding steroid dienone is 2. The third kappa shape index (κ3) is 2.44. The molecular weight excluding hydrogens is 215 g/mol. The molecular formula is C9H11ClF3N. The largest absolute Gasteiger partial charge is 0.417 e. The standard InChI is InChI=1S/C9H11ClF3N/c1-5(2)8-7(10)3-6(4-14-8)9(11,12)13/h3-5,8,14H,1-2H3. The van der Waals surface area contributed by atoms with Crippen LogP contribution in [0.3, 0.4) is 0 Å². The molecule has 0 saturated heterocycles. The van der Waals surface area contributed by atoms with Crippen LogP contribution in [0.5, 0.6) is 0 Å². The van der Waals surface area contributed by atoms with E-state index >= 15 is 0 Å². The Hall–Kier alpha value is -0.640. The molecule has 1 aliphatic heterocycles. The summed E-state index contributed by atoms with van der Waals surface area (Å²) in [7, 11) is 0. The van der Waals surface area contributed by atoms with Crippen molar-refractivity contribution in [3.05, 3.63) is 22.9 Å². The van der Waals surface area contributed by atoms with E-state index in [-0.39, 0.29) is 17.0 Å². The highest BCUT2D eigenvalue weighted by molar-refractivity contribution is 6.30. The molecule has 0 bridgehead atoms. The number of halogens is 4. The number of dihydropyridines is 1. The normalized spacial score (nSPS) is 22.9. The van der Waals surface area contributed by atoms with Gasteiger partial charge in [0, 0.05) is 11.2 Å². The van der Waals surface area contributed by atoms with Crippen molar-refractivity contribution in [1.29, 1.82) is 0 Å². The Balaban J connectivity index is 2.84. The maximum atomic E-state index is 12.2. The molecule has 0 saturated carbocycles. The fourth-order valence-corrected chi connectivity index (χ4v) is 1.65. The molecule has 0 fully saturated rings. The molecule has 1 aliphatic rings. The predicted molar refractivity (Wildman–Crippen MR) is 49.8 cm³/mol. The molecule has 14 heavy (non-hydrogen) atoms. The second kappa shape index (κ2) is 3.85. The van der Waals surface area contributed by atoms with Crippen LogP contribution in [0.25, 0.3) is 0 Å². The van der Waals surface area contributed by atoms with Crippen molar-refractivity contribution in [1.82, 2.24) is 5.32 Å². The quantitative estimate of drug-likeness (QED) is 0.723. The van der Waals surface area contributed by atoms with Gasteiger partial charge in [0.2, 0.25) is 0 Å². The number of rotatable bonds is 1. The number of hydrogen-bond donors (Lipinski definition) is 1. The molecule has 0 aromatic heterocycles. The average Bonchev–Trinajstić information content (AvgIpc) is 2.01. The predicted octanol–water partition coefficient (Wildman–Crippen LogP) is 3.18. The highest BCUT2D eigenvalue weighted by Crippen LogP contribution is 2.31. The smallest absolute Gasteiger partial charge is 0.382 e. The molecule has 0 spiro atoms. The minimum absolute atomic E-state index is 0.157. The molecule has 0 aromatic rings.